The Bertz CT molecular complexity index is 666. The van der Waals surface area contributed by atoms with E-state index in [2.05, 4.69) is 32.6 Å². The second kappa shape index (κ2) is 6.36. The van der Waals surface area contributed by atoms with Crippen molar-refractivity contribution in [3.05, 3.63) is 49.2 Å². The molecule has 0 unspecified atom stereocenters. The first kappa shape index (κ1) is 15.0. The second-order valence-corrected chi connectivity index (χ2v) is 6.32. The molecule has 0 saturated heterocycles. The van der Waals surface area contributed by atoms with Crippen LogP contribution in [-0.2, 0) is 4.74 Å². The molecule has 1 aromatic carbocycles. The van der Waals surface area contributed by atoms with Gasteiger partial charge in [-0.1, -0.05) is 6.07 Å². The van der Waals surface area contributed by atoms with Gasteiger partial charge in [0.2, 0.25) is 0 Å². The van der Waals surface area contributed by atoms with E-state index in [9.17, 15) is 9.59 Å². The number of carbonyl (C=O) groups is 2. The lowest BCUT2D eigenvalue weighted by atomic mass is 10.2. The third kappa shape index (κ3) is 3.37. The van der Waals surface area contributed by atoms with Gasteiger partial charge in [0.1, 0.15) is 4.88 Å². The first-order valence-electron chi connectivity index (χ1n) is 5.77. The summed E-state index contributed by atoms with van der Waals surface area (Å²) in [6.45, 7) is 2.01. The molecule has 1 amide bonds. The van der Waals surface area contributed by atoms with Gasteiger partial charge in [0.25, 0.3) is 5.91 Å². The van der Waals surface area contributed by atoms with Gasteiger partial charge >= 0.3 is 5.97 Å². The van der Waals surface area contributed by atoms with Crippen molar-refractivity contribution in [3.63, 3.8) is 0 Å². The van der Waals surface area contributed by atoms with Gasteiger partial charge in [-0.2, -0.15) is 0 Å². The van der Waals surface area contributed by atoms with E-state index in [1.165, 1.54) is 7.11 Å². The Morgan fingerprint density at radius 1 is 1.20 bits per heavy atom. The average Bonchev–Trinajstić information content (AvgIpc) is 2.92. The quantitative estimate of drug-likeness (QED) is 0.631. The van der Waals surface area contributed by atoms with E-state index in [1.807, 2.05) is 25.1 Å². The molecule has 1 heterocycles. The zero-order valence-corrected chi connectivity index (χ0v) is 13.9. The van der Waals surface area contributed by atoms with Crippen LogP contribution in [0.1, 0.15) is 24.9 Å². The maximum atomic E-state index is 12.1. The molecule has 0 radical (unpaired) electrons. The topological polar surface area (TPSA) is 55.4 Å². The van der Waals surface area contributed by atoms with Gasteiger partial charge in [0.15, 0.2) is 0 Å². The van der Waals surface area contributed by atoms with Gasteiger partial charge in [-0.15, -0.1) is 11.3 Å². The normalized spacial score (nSPS) is 10.2. The molecule has 0 atom stereocenters. The van der Waals surface area contributed by atoms with Crippen LogP contribution < -0.4 is 5.32 Å². The van der Waals surface area contributed by atoms with Crippen molar-refractivity contribution in [2.24, 2.45) is 0 Å². The summed E-state index contributed by atoms with van der Waals surface area (Å²) in [5, 5.41) is 2.81. The number of ether oxygens (including phenoxy) is 1. The molecule has 2 rings (SSSR count). The molecule has 0 aliphatic heterocycles. The van der Waals surface area contributed by atoms with Crippen LogP contribution in [0, 0.1) is 10.5 Å². The highest BCUT2D eigenvalue weighted by Gasteiger charge is 2.14. The minimum absolute atomic E-state index is 0.232. The molecular formula is C14H12INO3S. The highest BCUT2D eigenvalue weighted by Crippen LogP contribution is 2.21. The fourth-order valence-corrected chi connectivity index (χ4v) is 2.87. The standard InChI is InChI=1S/C14H12INO3S/c1-8-3-4-9(7-10(8)15)16-13(17)11-5-6-12(20-11)14(18)19-2/h3-7H,1-2H3,(H,16,17). The molecule has 0 fully saturated rings. The number of amides is 1. The molecule has 6 heteroatoms. The summed E-state index contributed by atoms with van der Waals surface area (Å²) in [6.07, 6.45) is 0. The van der Waals surface area contributed by atoms with Crippen LogP contribution >= 0.6 is 33.9 Å². The van der Waals surface area contributed by atoms with Gasteiger partial charge < -0.3 is 10.1 Å². The zero-order chi connectivity index (χ0) is 14.7. The zero-order valence-electron chi connectivity index (χ0n) is 10.9. The molecule has 0 aliphatic rings. The number of anilines is 1. The Balaban J connectivity index is 2.13. The summed E-state index contributed by atoms with van der Waals surface area (Å²) in [6, 6.07) is 8.91. The Kier molecular flexibility index (Phi) is 4.77. The van der Waals surface area contributed by atoms with Crippen LogP contribution in [0.5, 0.6) is 0 Å². The monoisotopic (exact) mass is 401 g/mol. The summed E-state index contributed by atoms with van der Waals surface area (Å²) in [5.41, 5.74) is 1.89. The number of esters is 1. The number of rotatable bonds is 3. The van der Waals surface area contributed by atoms with Crippen molar-refractivity contribution in [1.82, 2.24) is 0 Å². The third-order valence-corrected chi connectivity index (χ3v) is 4.87. The number of nitrogens with one attached hydrogen (secondary N) is 1. The summed E-state index contributed by atoms with van der Waals surface area (Å²) in [4.78, 5) is 24.3. The van der Waals surface area contributed by atoms with E-state index in [0.29, 0.717) is 9.75 Å². The molecule has 20 heavy (non-hydrogen) atoms. The number of hydrogen-bond acceptors (Lipinski definition) is 4. The lowest BCUT2D eigenvalue weighted by Gasteiger charge is -2.05. The number of benzene rings is 1. The largest absolute Gasteiger partial charge is 0.465 e. The van der Waals surface area contributed by atoms with E-state index < -0.39 is 5.97 Å². The summed E-state index contributed by atoms with van der Waals surface area (Å²) >= 11 is 3.33. The fourth-order valence-electron chi connectivity index (χ4n) is 1.53. The number of carbonyl (C=O) groups excluding carboxylic acids is 2. The molecule has 1 aromatic heterocycles. The van der Waals surface area contributed by atoms with Crippen molar-refractivity contribution >= 4 is 51.5 Å². The smallest absolute Gasteiger partial charge is 0.348 e. The molecule has 0 spiro atoms. The highest BCUT2D eigenvalue weighted by molar-refractivity contribution is 14.1. The van der Waals surface area contributed by atoms with Gasteiger partial charge in [-0.05, 0) is 59.3 Å². The average molecular weight is 401 g/mol. The molecule has 0 saturated carbocycles. The Morgan fingerprint density at radius 2 is 1.90 bits per heavy atom. The minimum atomic E-state index is -0.432. The van der Waals surface area contributed by atoms with Crippen molar-refractivity contribution in [2.75, 3.05) is 12.4 Å². The van der Waals surface area contributed by atoms with Gasteiger partial charge in [0.05, 0.1) is 12.0 Å². The summed E-state index contributed by atoms with van der Waals surface area (Å²) in [5.74, 6) is -0.663. The van der Waals surface area contributed by atoms with Gasteiger partial charge in [0, 0.05) is 9.26 Å². The van der Waals surface area contributed by atoms with Crippen LogP contribution in [0.15, 0.2) is 30.3 Å². The van der Waals surface area contributed by atoms with E-state index >= 15 is 0 Å². The number of hydrogen-bond donors (Lipinski definition) is 1. The lowest BCUT2D eigenvalue weighted by Crippen LogP contribution is -2.10. The van der Waals surface area contributed by atoms with Crippen LogP contribution in [0.25, 0.3) is 0 Å². The predicted molar refractivity (Wildman–Crippen MR) is 87.5 cm³/mol. The van der Waals surface area contributed by atoms with Crippen LogP contribution in [0.3, 0.4) is 0 Å². The van der Waals surface area contributed by atoms with Crippen molar-refractivity contribution in [3.8, 4) is 0 Å². The molecule has 1 N–H and O–H groups in total. The van der Waals surface area contributed by atoms with E-state index in [4.69, 9.17) is 0 Å². The Labute approximate surface area is 134 Å². The highest BCUT2D eigenvalue weighted by atomic mass is 127. The minimum Gasteiger partial charge on any atom is -0.465 e. The van der Waals surface area contributed by atoms with Gasteiger partial charge in [-0.3, -0.25) is 4.79 Å². The fraction of sp³-hybridized carbons (Fsp3) is 0.143. The molecule has 104 valence electrons. The second-order valence-electron chi connectivity index (χ2n) is 4.07. The van der Waals surface area contributed by atoms with E-state index in [-0.39, 0.29) is 5.91 Å². The maximum absolute atomic E-state index is 12.1. The number of methoxy groups -OCH3 is 1. The Morgan fingerprint density at radius 3 is 2.55 bits per heavy atom. The summed E-state index contributed by atoms with van der Waals surface area (Å²) < 4.78 is 5.70. The molecule has 2 aromatic rings. The van der Waals surface area contributed by atoms with Crippen molar-refractivity contribution in [2.45, 2.75) is 6.92 Å². The Hall–Kier alpha value is -1.41. The number of aryl methyl sites for hydroxylation is 1. The van der Waals surface area contributed by atoms with Crippen molar-refractivity contribution < 1.29 is 14.3 Å². The first-order valence-corrected chi connectivity index (χ1v) is 7.66. The molecule has 0 bridgehead atoms. The lowest BCUT2D eigenvalue weighted by molar-refractivity contribution is 0.0606. The molecule has 4 nitrogen and oxygen atoms in total. The van der Waals surface area contributed by atoms with Crippen molar-refractivity contribution in [1.29, 1.82) is 0 Å². The predicted octanol–water partition coefficient (Wildman–Crippen LogP) is 3.70. The third-order valence-electron chi connectivity index (χ3n) is 2.65. The number of halogens is 1. The SMILES string of the molecule is COC(=O)c1ccc(C(=O)Nc2ccc(C)c(I)c2)s1. The maximum Gasteiger partial charge on any atom is 0.348 e. The number of thiophene rings is 1. The van der Waals surface area contributed by atoms with E-state index in [0.717, 1.165) is 26.2 Å². The van der Waals surface area contributed by atoms with E-state index in [1.54, 1.807) is 12.1 Å². The van der Waals surface area contributed by atoms with Crippen LogP contribution in [-0.4, -0.2) is 19.0 Å². The van der Waals surface area contributed by atoms with Gasteiger partial charge in [-0.25, -0.2) is 4.79 Å². The van der Waals surface area contributed by atoms with Crippen LogP contribution in [0.2, 0.25) is 0 Å². The first-order chi connectivity index (χ1) is 9.51. The molecular weight excluding hydrogens is 389 g/mol. The van der Waals surface area contributed by atoms with Crippen LogP contribution in [0.4, 0.5) is 5.69 Å². The summed E-state index contributed by atoms with van der Waals surface area (Å²) in [7, 11) is 1.32. The molecule has 0 aliphatic carbocycles.